The minimum absolute atomic E-state index is 0.0799. The third-order valence-corrected chi connectivity index (χ3v) is 3.48. The lowest BCUT2D eigenvalue weighted by Crippen LogP contribution is -2.57. The van der Waals surface area contributed by atoms with Crippen molar-refractivity contribution in [2.75, 3.05) is 40.3 Å². The average molecular weight is 281 g/mol. The van der Waals surface area contributed by atoms with Crippen LogP contribution in [0.2, 0.25) is 0 Å². The zero-order chi connectivity index (χ0) is 14.5. The number of aliphatic hydroxyl groups excluding tert-OH is 1. The van der Waals surface area contributed by atoms with E-state index in [-0.39, 0.29) is 18.6 Å². The van der Waals surface area contributed by atoms with Gasteiger partial charge in [-0.05, 0) is 0 Å². The Kier molecular flexibility index (Phi) is 5.11. The van der Waals surface area contributed by atoms with Crippen LogP contribution >= 0.6 is 0 Å². The van der Waals surface area contributed by atoms with Crippen molar-refractivity contribution in [3.63, 3.8) is 0 Å². The number of hydrogen-bond acceptors (Lipinski definition) is 5. The van der Waals surface area contributed by atoms with Crippen LogP contribution in [0.25, 0.3) is 0 Å². The molecule has 0 bridgehead atoms. The second-order valence-electron chi connectivity index (χ2n) is 5.26. The molecule has 0 saturated carbocycles. The van der Waals surface area contributed by atoms with Crippen LogP contribution in [0.5, 0.6) is 0 Å². The molecular weight excluding hydrogens is 258 g/mol. The molecule has 20 heavy (non-hydrogen) atoms. The Labute approximate surface area is 119 Å². The van der Waals surface area contributed by atoms with Gasteiger partial charge in [-0.1, -0.05) is 0 Å². The number of nitrogens with one attached hydrogen (secondary N) is 1. The normalized spacial score (nSPS) is 20.1. The SMILES string of the molecule is CN(C)C(=O)C1CNCCN1Cc1cnn(CCO)c1. The Morgan fingerprint density at radius 2 is 2.40 bits per heavy atom. The van der Waals surface area contributed by atoms with Gasteiger partial charge in [0, 0.05) is 52.0 Å². The van der Waals surface area contributed by atoms with E-state index in [9.17, 15) is 4.79 Å². The molecule has 2 heterocycles. The highest BCUT2D eigenvalue weighted by atomic mass is 16.3. The second kappa shape index (κ2) is 6.83. The lowest BCUT2D eigenvalue weighted by Gasteiger charge is -2.36. The number of piperazine rings is 1. The van der Waals surface area contributed by atoms with Gasteiger partial charge in [-0.3, -0.25) is 14.4 Å². The Morgan fingerprint density at radius 3 is 3.10 bits per heavy atom. The van der Waals surface area contributed by atoms with Crippen molar-refractivity contribution in [3.05, 3.63) is 18.0 Å². The second-order valence-corrected chi connectivity index (χ2v) is 5.26. The molecule has 112 valence electrons. The molecule has 1 unspecified atom stereocenters. The van der Waals surface area contributed by atoms with Crippen molar-refractivity contribution in [1.82, 2.24) is 24.9 Å². The van der Waals surface area contributed by atoms with Crippen molar-refractivity contribution in [2.24, 2.45) is 0 Å². The number of carbonyl (C=O) groups is 1. The number of aliphatic hydroxyl groups is 1. The van der Waals surface area contributed by atoms with Gasteiger partial charge < -0.3 is 15.3 Å². The topological polar surface area (TPSA) is 73.6 Å². The number of hydrogen-bond donors (Lipinski definition) is 2. The molecule has 7 heteroatoms. The molecule has 1 amide bonds. The van der Waals surface area contributed by atoms with Crippen LogP contribution in [-0.2, 0) is 17.9 Å². The van der Waals surface area contributed by atoms with Crippen molar-refractivity contribution in [3.8, 4) is 0 Å². The molecule has 0 radical (unpaired) electrons. The quantitative estimate of drug-likeness (QED) is 0.704. The van der Waals surface area contributed by atoms with Gasteiger partial charge in [0.2, 0.25) is 5.91 Å². The zero-order valence-corrected chi connectivity index (χ0v) is 12.1. The number of aromatic nitrogens is 2. The van der Waals surface area contributed by atoms with Gasteiger partial charge in [0.1, 0.15) is 6.04 Å². The summed E-state index contributed by atoms with van der Waals surface area (Å²) < 4.78 is 1.72. The molecule has 0 spiro atoms. The van der Waals surface area contributed by atoms with Crippen LogP contribution in [0.4, 0.5) is 0 Å². The van der Waals surface area contributed by atoms with E-state index in [2.05, 4.69) is 15.3 Å². The molecule has 1 aliphatic rings. The molecule has 1 aromatic heterocycles. The van der Waals surface area contributed by atoms with Gasteiger partial charge in [-0.2, -0.15) is 5.10 Å². The average Bonchev–Trinajstić information content (AvgIpc) is 2.86. The Balaban J connectivity index is 2.02. The Bertz CT molecular complexity index is 446. The summed E-state index contributed by atoms with van der Waals surface area (Å²) in [5.41, 5.74) is 1.07. The Morgan fingerprint density at radius 1 is 1.60 bits per heavy atom. The first-order valence-electron chi connectivity index (χ1n) is 6.90. The summed E-state index contributed by atoms with van der Waals surface area (Å²) in [6, 6.07) is -0.125. The maximum absolute atomic E-state index is 12.2. The molecule has 2 N–H and O–H groups in total. The first-order valence-corrected chi connectivity index (χ1v) is 6.90. The lowest BCUT2D eigenvalue weighted by atomic mass is 10.1. The molecule has 1 fully saturated rings. The van der Waals surface area contributed by atoms with Crippen LogP contribution in [0.15, 0.2) is 12.4 Å². The van der Waals surface area contributed by atoms with Gasteiger partial charge >= 0.3 is 0 Å². The Hall–Kier alpha value is -1.44. The van der Waals surface area contributed by atoms with Gasteiger partial charge in [-0.25, -0.2) is 0 Å². The van der Waals surface area contributed by atoms with Crippen LogP contribution in [-0.4, -0.2) is 77.0 Å². The van der Waals surface area contributed by atoms with Crippen LogP contribution in [0.1, 0.15) is 5.56 Å². The summed E-state index contributed by atoms with van der Waals surface area (Å²) in [6.07, 6.45) is 3.73. The number of carbonyl (C=O) groups excluding carboxylic acids is 1. The predicted octanol–water partition coefficient (Wildman–Crippen LogP) is -1.26. The molecular formula is C13H23N5O2. The highest BCUT2D eigenvalue weighted by molar-refractivity contribution is 5.81. The molecule has 1 atom stereocenters. The zero-order valence-electron chi connectivity index (χ0n) is 12.1. The van der Waals surface area contributed by atoms with E-state index in [0.29, 0.717) is 19.6 Å². The first-order chi connectivity index (χ1) is 9.61. The van der Waals surface area contributed by atoms with Crippen molar-refractivity contribution in [1.29, 1.82) is 0 Å². The van der Waals surface area contributed by atoms with Crippen LogP contribution < -0.4 is 5.32 Å². The maximum Gasteiger partial charge on any atom is 0.240 e. The minimum atomic E-state index is -0.125. The fourth-order valence-corrected chi connectivity index (χ4v) is 2.42. The summed E-state index contributed by atoms with van der Waals surface area (Å²) in [6.45, 7) is 3.70. The number of likely N-dealkylation sites (N-methyl/N-ethyl adjacent to an activating group) is 1. The van der Waals surface area contributed by atoms with E-state index in [1.54, 1.807) is 29.9 Å². The van der Waals surface area contributed by atoms with Crippen LogP contribution in [0.3, 0.4) is 0 Å². The van der Waals surface area contributed by atoms with Crippen molar-refractivity contribution >= 4 is 5.91 Å². The smallest absolute Gasteiger partial charge is 0.240 e. The van der Waals surface area contributed by atoms with Gasteiger partial charge in [0.05, 0.1) is 19.3 Å². The van der Waals surface area contributed by atoms with Gasteiger partial charge in [-0.15, -0.1) is 0 Å². The van der Waals surface area contributed by atoms with Crippen molar-refractivity contribution < 1.29 is 9.90 Å². The lowest BCUT2D eigenvalue weighted by molar-refractivity contribution is -0.135. The van der Waals surface area contributed by atoms with E-state index in [0.717, 1.165) is 18.7 Å². The largest absolute Gasteiger partial charge is 0.394 e. The predicted molar refractivity (Wildman–Crippen MR) is 75.1 cm³/mol. The molecule has 0 aromatic carbocycles. The van der Waals surface area contributed by atoms with E-state index in [1.165, 1.54) is 0 Å². The minimum Gasteiger partial charge on any atom is -0.394 e. The third-order valence-electron chi connectivity index (χ3n) is 3.48. The van der Waals surface area contributed by atoms with Gasteiger partial charge in [0.15, 0.2) is 0 Å². The molecule has 2 rings (SSSR count). The highest BCUT2D eigenvalue weighted by Crippen LogP contribution is 2.11. The maximum atomic E-state index is 12.2. The standard InChI is InChI=1S/C13H23N5O2/c1-16(2)13(20)12-8-14-3-4-17(12)9-11-7-15-18(10-11)5-6-19/h7,10,12,14,19H,3-6,8-9H2,1-2H3. The molecule has 1 saturated heterocycles. The number of amides is 1. The summed E-state index contributed by atoms with van der Waals surface area (Å²) >= 11 is 0. The monoisotopic (exact) mass is 281 g/mol. The fourth-order valence-electron chi connectivity index (χ4n) is 2.42. The summed E-state index contributed by atoms with van der Waals surface area (Å²) in [5, 5.41) is 16.4. The molecule has 7 nitrogen and oxygen atoms in total. The van der Waals surface area contributed by atoms with E-state index >= 15 is 0 Å². The molecule has 1 aliphatic heterocycles. The van der Waals surface area contributed by atoms with Gasteiger partial charge in [0.25, 0.3) is 0 Å². The number of nitrogens with zero attached hydrogens (tertiary/aromatic N) is 4. The number of rotatable bonds is 5. The summed E-state index contributed by atoms with van der Waals surface area (Å²) in [4.78, 5) is 16.0. The third kappa shape index (κ3) is 3.56. The molecule has 1 aromatic rings. The summed E-state index contributed by atoms with van der Waals surface area (Å²) in [5.74, 6) is 0.125. The van der Waals surface area contributed by atoms with Crippen LogP contribution in [0, 0.1) is 0 Å². The summed E-state index contributed by atoms with van der Waals surface area (Å²) in [7, 11) is 3.57. The van der Waals surface area contributed by atoms with E-state index in [4.69, 9.17) is 5.11 Å². The van der Waals surface area contributed by atoms with E-state index < -0.39 is 0 Å². The molecule has 0 aliphatic carbocycles. The highest BCUT2D eigenvalue weighted by Gasteiger charge is 2.29. The van der Waals surface area contributed by atoms with E-state index in [1.807, 2.05) is 6.20 Å². The van der Waals surface area contributed by atoms with Crippen molar-refractivity contribution in [2.45, 2.75) is 19.1 Å². The first kappa shape index (κ1) is 15.0. The fraction of sp³-hybridized carbons (Fsp3) is 0.692.